The van der Waals surface area contributed by atoms with Gasteiger partial charge in [0.15, 0.2) is 5.82 Å². The van der Waals surface area contributed by atoms with E-state index in [4.69, 9.17) is 9.26 Å². The second-order valence-corrected chi connectivity index (χ2v) is 7.83. The Hall–Kier alpha value is -1.81. The summed E-state index contributed by atoms with van der Waals surface area (Å²) >= 11 is 0. The van der Waals surface area contributed by atoms with Crippen molar-refractivity contribution in [1.29, 1.82) is 0 Å². The Morgan fingerprint density at radius 3 is 2.72 bits per heavy atom. The maximum absolute atomic E-state index is 13.0. The van der Waals surface area contributed by atoms with Crippen LogP contribution in [0, 0.1) is 0 Å². The molecule has 3 rings (SSSR count). The van der Waals surface area contributed by atoms with E-state index in [0.29, 0.717) is 44.1 Å². The van der Waals surface area contributed by atoms with Crippen molar-refractivity contribution in [3.8, 4) is 11.5 Å². The van der Waals surface area contributed by atoms with Crippen molar-refractivity contribution in [1.82, 2.24) is 19.8 Å². The normalized spacial score (nSPS) is 17.5. The monoisotopic (exact) mass is 366 g/mol. The van der Waals surface area contributed by atoms with E-state index in [0.717, 1.165) is 0 Å². The van der Waals surface area contributed by atoms with Gasteiger partial charge in [-0.2, -0.15) is 9.29 Å². The number of nitrogens with zero attached hydrogens (tertiary/aromatic N) is 3. The standard InChI is InChI=1S/C16H22N4O4S/c1-12(17-2)11-15-18-16(24-19-15)13-5-3-4-6-14(13)25(21,22)20-7-9-23-10-8-20/h3-6,12,17H,7-11H2,1-2H3. The molecule has 0 amide bonds. The fourth-order valence-corrected chi connectivity index (χ4v) is 4.21. The zero-order valence-electron chi connectivity index (χ0n) is 14.3. The number of nitrogens with one attached hydrogen (secondary N) is 1. The molecule has 0 saturated carbocycles. The van der Waals surface area contributed by atoms with E-state index in [-0.39, 0.29) is 16.8 Å². The Morgan fingerprint density at radius 2 is 2.00 bits per heavy atom. The van der Waals surface area contributed by atoms with Crippen LogP contribution in [0.4, 0.5) is 0 Å². The van der Waals surface area contributed by atoms with Gasteiger partial charge in [0, 0.05) is 25.6 Å². The fourth-order valence-electron chi connectivity index (χ4n) is 2.62. The predicted molar refractivity (Wildman–Crippen MR) is 91.5 cm³/mol. The Labute approximate surface area is 147 Å². The molecule has 9 heteroatoms. The molecular weight excluding hydrogens is 344 g/mol. The molecule has 0 spiro atoms. The first kappa shape index (κ1) is 18.0. The highest BCUT2D eigenvalue weighted by Crippen LogP contribution is 2.28. The molecular formula is C16H22N4O4S. The van der Waals surface area contributed by atoms with Crippen LogP contribution >= 0.6 is 0 Å². The van der Waals surface area contributed by atoms with E-state index in [2.05, 4.69) is 15.5 Å². The van der Waals surface area contributed by atoms with Crippen molar-refractivity contribution in [3.63, 3.8) is 0 Å². The molecule has 1 aromatic heterocycles. The van der Waals surface area contributed by atoms with Gasteiger partial charge in [-0.25, -0.2) is 8.42 Å². The Morgan fingerprint density at radius 1 is 1.28 bits per heavy atom. The summed E-state index contributed by atoms with van der Waals surface area (Å²) in [7, 11) is -1.79. The summed E-state index contributed by atoms with van der Waals surface area (Å²) in [5.41, 5.74) is 0.421. The zero-order valence-corrected chi connectivity index (χ0v) is 15.1. The molecule has 25 heavy (non-hydrogen) atoms. The van der Waals surface area contributed by atoms with Crippen LogP contribution in [-0.2, 0) is 21.2 Å². The van der Waals surface area contributed by atoms with Gasteiger partial charge in [-0.3, -0.25) is 0 Å². The number of sulfonamides is 1. The topological polar surface area (TPSA) is 97.6 Å². The number of likely N-dealkylation sites (N-methyl/N-ethyl adjacent to an activating group) is 1. The smallest absolute Gasteiger partial charge is 0.259 e. The summed E-state index contributed by atoms with van der Waals surface area (Å²) in [6, 6.07) is 6.90. The predicted octanol–water partition coefficient (Wildman–Crippen LogP) is 0.908. The lowest BCUT2D eigenvalue weighted by Gasteiger charge is -2.26. The number of hydrogen-bond donors (Lipinski definition) is 1. The first-order valence-corrected chi connectivity index (χ1v) is 9.63. The summed E-state index contributed by atoms with van der Waals surface area (Å²) in [6.45, 7) is 3.48. The van der Waals surface area contributed by atoms with E-state index in [1.807, 2.05) is 14.0 Å². The molecule has 0 radical (unpaired) electrons. The number of benzene rings is 1. The van der Waals surface area contributed by atoms with Gasteiger partial charge in [-0.15, -0.1) is 0 Å². The molecule has 1 N–H and O–H groups in total. The van der Waals surface area contributed by atoms with Crippen molar-refractivity contribution in [3.05, 3.63) is 30.1 Å². The summed E-state index contributed by atoms with van der Waals surface area (Å²) in [6.07, 6.45) is 0.596. The third-order valence-electron chi connectivity index (χ3n) is 4.15. The van der Waals surface area contributed by atoms with Crippen LogP contribution in [0.25, 0.3) is 11.5 Å². The summed E-state index contributed by atoms with van der Waals surface area (Å²) in [5, 5.41) is 7.07. The molecule has 136 valence electrons. The van der Waals surface area contributed by atoms with Gasteiger partial charge in [-0.05, 0) is 26.1 Å². The van der Waals surface area contributed by atoms with E-state index in [1.54, 1.807) is 24.3 Å². The molecule has 2 aromatic rings. The highest BCUT2D eigenvalue weighted by molar-refractivity contribution is 7.89. The summed E-state index contributed by atoms with van der Waals surface area (Å²) < 4.78 is 38.0. The summed E-state index contributed by atoms with van der Waals surface area (Å²) in [4.78, 5) is 4.54. The van der Waals surface area contributed by atoms with Gasteiger partial charge < -0.3 is 14.6 Å². The molecule has 8 nitrogen and oxygen atoms in total. The lowest BCUT2D eigenvalue weighted by molar-refractivity contribution is 0.0730. The van der Waals surface area contributed by atoms with Crippen molar-refractivity contribution >= 4 is 10.0 Å². The second-order valence-electron chi connectivity index (χ2n) is 5.92. The van der Waals surface area contributed by atoms with Gasteiger partial charge >= 0.3 is 0 Å². The van der Waals surface area contributed by atoms with Crippen LogP contribution in [0.5, 0.6) is 0 Å². The van der Waals surface area contributed by atoms with Crippen molar-refractivity contribution in [2.24, 2.45) is 0 Å². The minimum Gasteiger partial charge on any atom is -0.379 e. The van der Waals surface area contributed by atoms with Gasteiger partial charge in [0.05, 0.1) is 23.7 Å². The van der Waals surface area contributed by atoms with Crippen LogP contribution in [0.15, 0.2) is 33.7 Å². The molecule has 0 aliphatic carbocycles. The molecule has 0 bridgehead atoms. The second kappa shape index (κ2) is 7.61. The van der Waals surface area contributed by atoms with Crippen LogP contribution < -0.4 is 5.32 Å². The maximum Gasteiger partial charge on any atom is 0.259 e. The molecule has 1 fully saturated rings. The van der Waals surface area contributed by atoms with E-state index < -0.39 is 10.0 Å². The molecule has 2 heterocycles. The highest BCUT2D eigenvalue weighted by atomic mass is 32.2. The average molecular weight is 366 g/mol. The number of aromatic nitrogens is 2. The van der Waals surface area contributed by atoms with Gasteiger partial charge in [0.1, 0.15) is 0 Å². The van der Waals surface area contributed by atoms with Crippen LogP contribution in [-0.4, -0.2) is 62.3 Å². The SMILES string of the molecule is CNC(C)Cc1noc(-c2ccccc2S(=O)(=O)N2CCOCC2)n1. The number of morpholine rings is 1. The fraction of sp³-hybridized carbons (Fsp3) is 0.500. The minimum absolute atomic E-state index is 0.175. The lowest BCUT2D eigenvalue weighted by atomic mass is 10.2. The highest BCUT2D eigenvalue weighted by Gasteiger charge is 2.30. The number of ether oxygens (including phenoxy) is 1. The third-order valence-corrected chi connectivity index (χ3v) is 6.11. The molecule has 1 aliphatic heterocycles. The van der Waals surface area contributed by atoms with E-state index in [1.165, 1.54) is 4.31 Å². The van der Waals surface area contributed by atoms with Crippen molar-refractivity contribution in [2.45, 2.75) is 24.3 Å². The summed E-state index contributed by atoms with van der Waals surface area (Å²) in [5.74, 6) is 0.751. The van der Waals surface area contributed by atoms with Crippen LogP contribution in [0.3, 0.4) is 0 Å². The van der Waals surface area contributed by atoms with E-state index >= 15 is 0 Å². The maximum atomic E-state index is 13.0. The number of rotatable bonds is 6. The van der Waals surface area contributed by atoms with Crippen LogP contribution in [0.2, 0.25) is 0 Å². The Balaban J connectivity index is 1.93. The van der Waals surface area contributed by atoms with Gasteiger partial charge in [0.2, 0.25) is 10.0 Å². The minimum atomic E-state index is -3.65. The first-order chi connectivity index (χ1) is 12.0. The number of hydrogen-bond acceptors (Lipinski definition) is 7. The third kappa shape index (κ3) is 3.90. The Kier molecular flexibility index (Phi) is 5.48. The average Bonchev–Trinajstić information content (AvgIpc) is 3.10. The Bertz CT molecular complexity index is 815. The van der Waals surface area contributed by atoms with Crippen molar-refractivity contribution < 1.29 is 17.7 Å². The van der Waals surface area contributed by atoms with E-state index in [9.17, 15) is 8.42 Å². The zero-order chi connectivity index (χ0) is 17.9. The van der Waals surface area contributed by atoms with Crippen molar-refractivity contribution in [2.75, 3.05) is 33.4 Å². The molecule has 1 aliphatic rings. The van der Waals surface area contributed by atoms with Gasteiger partial charge in [0.25, 0.3) is 5.89 Å². The molecule has 1 unspecified atom stereocenters. The largest absolute Gasteiger partial charge is 0.379 e. The lowest BCUT2D eigenvalue weighted by Crippen LogP contribution is -2.40. The molecule has 1 saturated heterocycles. The quantitative estimate of drug-likeness (QED) is 0.811. The molecule has 1 atom stereocenters. The van der Waals surface area contributed by atoms with Crippen LogP contribution in [0.1, 0.15) is 12.7 Å². The first-order valence-electron chi connectivity index (χ1n) is 8.19. The molecule has 1 aromatic carbocycles. The van der Waals surface area contributed by atoms with Gasteiger partial charge in [-0.1, -0.05) is 17.3 Å².